The predicted molar refractivity (Wildman–Crippen MR) is 91.8 cm³/mol. The molecule has 0 aliphatic carbocycles. The van der Waals surface area contributed by atoms with Crippen LogP contribution >= 0.6 is 39.9 Å². The normalized spacial score (nSPS) is 17.9. The molecule has 1 aromatic heterocycles. The second-order valence-corrected chi connectivity index (χ2v) is 6.03. The van der Waals surface area contributed by atoms with E-state index in [1.54, 1.807) is 12.1 Å². The highest BCUT2D eigenvalue weighted by molar-refractivity contribution is 9.10. The van der Waals surface area contributed by atoms with Crippen LogP contribution in [0.3, 0.4) is 0 Å². The molecule has 22 heavy (non-hydrogen) atoms. The summed E-state index contributed by atoms with van der Waals surface area (Å²) < 4.78 is 5.94. The van der Waals surface area contributed by atoms with E-state index in [1.165, 1.54) is 0 Å². The van der Waals surface area contributed by atoms with Crippen molar-refractivity contribution in [2.24, 2.45) is 0 Å². The van der Waals surface area contributed by atoms with Gasteiger partial charge in [0.15, 0.2) is 10.4 Å². The number of hydrogen-bond acceptors (Lipinski definition) is 3. The summed E-state index contributed by atoms with van der Waals surface area (Å²) in [4.78, 5) is 14.5. The minimum atomic E-state index is -0.118. The van der Waals surface area contributed by atoms with Crippen molar-refractivity contribution in [3.63, 3.8) is 0 Å². The van der Waals surface area contributed by atoms with Gasteiger partial charge in [0, 0.05) is 24.7 Å². The fraction of sp³-hybridized carbons (Fsp3) is 0.267. The van der Waals surface area contributed by atoms with E-state index >= 15 is 0 Å². The van der Waals surface area contributed by atoms with E-state index in [0.29, 0.717) is 28.5 Å². The smallest absolute Gasteiger partial charge is 0.290 e. The van der Waals surface area contributed by atoms with Crippen LogP contribution in [0.1, 0.15) is 22.2 Å². The molecule has 1 N–H and O–H groups in total. The average molecular weight is 406 g/mol. The molecule has 1 atom stereocenters. The van der Waals surface area contributed by atoms with Gasteiger partial charge in [0.2, 0.25) is 0 Å². The first-order valence-electron chi connectivity index (χ1n) is 6.68. The zero-order valence-electron chi connectivity index (χ0n) is 11.6. The Bertz CT molecular complexity index is 662. The van der Waals surface area contributed by atoms with E-state index in [1.807, 2.05) is 29.2 Å². The summed E-state index contributed by atoms with van der Waals surface area (Å²) in [6.45, 7) is 2.05. The van der Waals surface area contributed by atoms with Crippen LogP contribution in [0.15, 0.2) is 45.5 Å². The standard InChI is InChI=1S/C15H14BrClN2O2.ClH/c16-14-6-5-13(21-14)15(20)19-8-7-18-9-12(19)10-3-1-2-4-11(10)17;/h1-6,12,18H,7-9H2;1H. The van der Waals surface area contributed by atoms with Crippen molar-refractivity contribution < 1.29 is 9.21 Å². The van der Waals surface area contributed by atoms with E-state index in [9.17, 15) is 4.79 Å². The highest BCUT2D eigenvalue weighted by Gasteiger charge is 2.31. The van der Waals surface area contributed by atoms with Gasteiger partial charge in [-0.05, 0) is 39.7 Å². The second kappa shape index (κ2) is 7.51. The van der Waals surface area contributed by atoms with Crippen LogP contribution in [-0.2, 0) is 0 Å². The van der Waals surface area contributed by atoms with E-state index in [-0.39, 0.29) is 24.4 Å². The van der Waals surface area contributed by atoms with Gasteiger partial charge in [0.1, 0.15) is 0 Å². The summed E-state index contributed by atoms with van der Waals surface area (Å²) in [6.07, 6.45) is 0. The van der Waals surface area contributed by atoms with Gasteiger partial charge in [-0.1, -0.05) is 29.8 Å². The van der Waals surface area contributed by atoms with Gasteiger partial charge in [-0.25, -0.2) is 0 Å². The highest BCUT2D eigenvalue weighted by Crippen LogP contribution is 2.30. The van der Waals surface area contributed by atoms with Crippen molar-refractivity contribution >= 4 is 45.8 Å². The number of amides is 1. The molecule has 118 valence electrons. The first-order valence-corrected chi connectivity index (χ1v) is 7.85. The van der Waals surface area contributed by atoms with E-state index < -0.39 is 0 Å². The molecule has 2 aromatic rings. The van der Waals surface area contributed by atoms with Crippen LogP contribution in [0.2, 0.25) is 5.02 Å². The molecule has 1 amide bonds. The monoisotopic (exact) mass is 404 g/mol. The maximum Gasteiger partial charge on any atom is 0.290 e. The topological polar surface area (TPSA) is 45.5 Å². The molecule has 7 heteroatoms. The number of rotatable bonds is 2. The molecule has 1 saturated heterocycles. The maximum atomic E-state index is 12.6. The lowest BCUT2D eigenvalue weighted by atomic mass is 10.0. The lowest BCUT2D eigenvalue weighted by molar-refractivity contribution is 0.0600. The van der Waals surface area contributed by atoms with E-state index in [2.05, 4.69) is 21.2 Å². The third-order valence-corrected chi connectivity index (χ3v) is 4.32. The summed E-state index contributed by atoms with van der Waals surface area (Å²) in [6, 6.07) is 10.9. The number of furan rings is 1. The molecule has 1 unspecified atom stereocenters. The van der Waals surface area contributed by atoms with Gasteiger partial charge >= 0.3 is 0 Å². The molecule has 1 aromatic carbocycles. The predicted octanol–water partition coefficient (Wildman–Crippen LogP) is 3.90. The summed E-state index contributed by atoms with van der Waals surface area (Å²) in [5.74, 6) is 0.216. The number of carbonyl (C=O) groups is 1. The fourth-order valence-electron chi connectivity index (χ4n) is 2.54. The zero-order chi connectivity index (χ0) is 14.8. The molecule has 0 saturated carbocycles. The third kappa shape index (κ3) is 3.49. The number of carbonyl (C=O) groups excluding carboxylic acids is 1. The summed E-state index contributed by atoms with van der Waals surface area (Å²) >= 11 is 9.51. The zero-order valence-corrected chi connectivity index (χ0v) is 14.7. The number of benzene rings is 1. The molecule has 1 fully saturated rings. The summed E-state index contributed by atoms with van der Waals surface area (Å²) in [5.41, 5.74) is 0.949. The Morgan fingerprint density at radius 2 is 2.09 bits per heavy atom. The van der Waals surface area contributed by atoms with Crippen LogP contribution in [0.5, 0.6) is 0 Å². The Balaban J connectivity index is 0.00000176. The summed E-state index contributed by atoms with van der Waals surface area (Å²) in [5, 5.41) is 3.98. The Labute approximate surface area is 148 Å². The average Bonchev–Trinajstić information content (AvgIpc) is 2.94. The van der Waals surface area contributed by atoms with E-state index in [4.69, 9.17) is 16.0 Å². The van der Waals surface area contributed by atoms with Crippen molar-refractivity contribution in [3.8, 4) is 0 Å². The SMILES string of the molecule is Cl.O=C(c1ccc(Br)o1)N1CCNCC1c1ccccc1Cl. The Kier molecular flexibility index (Phi) is 5.92. The molecular weight excluding hydrogens is 391 g/mol. The Morgan fingerprint density at radius 3 is 2.77 bits per heavy atom. The van der Waals surface area contributed by atoms with Crippen LogP contribution in [-0.4, -0.2) is 30.4 Å². The first-order chi connectivity index (χ1) is 10.2. The fourth-order valence-corrected chi connectivity index (χ4v) is 3.11. The number of halogens is 3. The first kappa shape index (κ1) is 17.3. The summed E-state index contributed by atoms with van der Waals surface area (Å²) in [7, 11) is 0. The minimum absolute atomic E-state index is 0. The highest BCUT2D eigenvalue weighted by atomic mass is 79.9. The van der Waals surface area contributed by atoms with Gasteiger partial charge in [-0.15, -0.1) is 12.4 Å². The molecule has 0 radical (unpaired) electrons. The van der Waals surface area contributed by atoms with Crippen LogP contribution in [0.4, 0.5) is 0 Å². The molecule has 4 nitrogen and oxygen atoms in total. The van der Waals surface area contributed by atoms with Gasteiger partial charge in [-0.3, -0.25) is 4.79 Å². The van der Waals surface area contributed by atoms with Crippen molar-refractivity contribution in [2.45, 2.75) is 6.04 Å². The molecule has 0 spiro atoms. The largest absolute Gasteiger partial charge is 0.444 e. The Morgan fingerprint density at radius 1 is 1.32 bits per heavy atom. The van der Waals surface area contributed by atoms with Gasteiger partial charge in [0.05, 0.1) is 6.04 Å². The minimum Gasteiger partial charge on any atom is -0.444 e. The van der Waals surface area contributed by atoms with Crippen molar-refractivity contribution in [2.75, 3.05) is 19.6 Å². The quantitative estimate of drug-likeness (QED) is 0.823. The van der Waals surface area contributed by atoms with Gasteiger partial charge in [-0.2, -0.15) is 0 Å². The second-order valence-electron chi connectivity index (χ2n) is 4.84. The number of hydrogen-bond donors (Lipinski definition) is 1. The molecule has 1 aliphatic rings. The van der Waals surface area contributed by atoms with Crippen molar-refractivity contribution in [1.82, 2.24) is 10.2 Å². The number of nitrogens with one attached hydrogen (secondary N) is 1. The van der Waals surface area contributed by atoms with Crippen molar-refractivity contribution in [1.29, 1.82) is 0 Å². The lowest BCUT2D eigenvalue weighted by Gasteiger charge is -2.36. The van der Waals surface area contributed by atoms with Crippen LogP contribution in [0.25, 0.3) is 0 Å². The molecular formula is C15H15BrCl2N2O2. The van der Waals surface area contributed by atoms with Crippen LogP contribution in [0, 0.1) is 0 Å². The maximum absolute atomic E-state index is 12.6. The van der Waals surface area contributed by atoms with Crippen LogP contribution < -0.4 is 5.32 Å². The molecule has 2 heterocycles. The van der Waals surface area contributed by atoms with Crippen molar-refractivity contribution in [3.05, 3.63) is 57.4 Å². The molecule has 3 rings (SSSR count). The number of piperazine rings is 1. The molecule has 0 bridgehead atoms. The van der Waals surface area contributed by atoms with Gasteiger partial charge < -0.3 is 14.6 Å². The lowest BCUT2D eigenvalue weighted by Crippen LogP contribution is -2.48. The Hall–Kier alpha value is -1.01. The van der Waals surface area contributed by atoms with E-state index in [0.717, 1.165) is 12.1 Å². The van der Waals surface area contributed by atoms with Gasteiger partial charge in [0.25, 0.3) is 5.91 Å². The molecule has 1 aliphatic heterocycles. The third-order valence-electron chi connectivity index (χ3n) is 3.55. The number of nitrogens with zero attached hydrogens (tertiary/aromatic N) is 1.